The molecule has 10 heteroatoms. The van der Waals surface area contributed by atoms with Gasteiger partial charge in [-0.15, -0.1) is 0 Å². The number of piperazine rings is 1. The molecular formula is C27H36N8O2. The number of aromatic nitrogens is 5. The van der Waals surface area contributed by atoms with Gasteiger partial charge in [0.05, 0.1) is 18.2 Å². The average molecular weight is 505 g/mol. The molecule has 3 aromatic heterocycles. The first kappa shape index (κ1) is 25.2. The number of imidazole rings is 1. The van der Waals surface area contributed by atoms with E-state index >= 15 is 0 Å². The summed E-state index contributed by atoms with van der Waals surface area (Å²) in [7, 11) is 1.71. The van der Waals surface area contributed by atoms with Crippen LogP contribution in [0.15, 0.2) is 16.9 Å². The van der Waals surface area contributed by atoms with Crippen molar-refractivity contribution >= 4 is 17.0 Å². The highest BCUT2D eigenvalue weighted by Gasteiger charge is 2.37. The van der Waals surface area contributed by atoms with Gasteiger partial charge in [-0.2, -0.15) is 10.2 Å². The van der Waals surface area contributed by atoms with Gasteiger partial charge in [0.25, 0.3) is 0 Å². The largest absolute Gasteiger partial charge is 0.471 e. The third-order valence-electron chi connectivity index (χ3n) is 7.77. The first-order valence-corrected chi connectivity index (χ1v) is 13.1. The van der Waals surface area contributed by atoms with Crippen molar-refractivity contribution in [1.29, 1.82) is 5.26 Å². The number of nitrogens with zero attached hydrogens (tertiary/aromatic N) is 8. The van der Waals surface area contributed by atoms with Crippen LogP contribution in [0.3, 0.4) is 0 Å². The van der Waals surface area contributed by atoms with Crippen LogP contribution in [-0.2, 0) is 26.4 Å². The van der Waals surface area contributed by atoms with Gasteiger partial charge in [0.15, 0.2) is 5.82 Å². The van der Waals surface area contributed by atoms with Crippen LogP contribution in [0.4, 0.5) is 5.82 Å². The monoisotopic (exact) mass is 504 g/mol. The first-order valence-electron chi connectivity index (χ1n) is 13.1. The third kappa shape index (κ3) is 4.25. The lowest BCUT2D eigenvalue weighted by Crippen LogP contribution is -2.57. The molecule has 0 amide bonds. The number of nitriles is 1. The summed E-state index contributed by atoms with van der Waals surface area (Å²) in [5.74, 6) is 2.01. The normalized spacial score (nSPS) is 22.1. The van der Waals surface area contributed by atoms with Crippen LogP contribution in [0.1, 0.15) is 64.7 Å². The molecule has 5 heterocycles. The lowest BCUT2D eigenvalue weighted by atomic mass is 10.0. The Morgan fingerprint density at radius 3 is 2.65 bits per heavy atom. The summed E-state index contributed by atoms with van der Waals surface area (Å²) in [6, 6.07) is 6.86. The molecule has 1 fully saturated rings. The van der Waals surface area contributed by atoms with E-state index in [0.717, 1.165) is 30.1 Å². The van der Waals surface area contributed by atoms with E-state index in [1.54, 1.807) is 7.05 Å². The van der Waals surface area contributed by atoms with Crippen molar-refractivity contribution in [3.63, 3.8) is 0 Å². The molecule has 10 nitrogen and oxygen atoms in total. The van der Waals surface area contributed by atoms with Crippen LogP contribution in [0.5, 0.6) is 5.88 Å². The molecule has 3 aromatic rings. The molecule has 37 heavy (non-hydrogen) atoms. The van der Waals surface area contributed by atoms with E-state index in [-0.39, 0.29) is 35.8 Å². The second-order valence-corrected chi connectivity index (χ2v) is 11.0. The van der Waals surface area contributed by atoms with E-state index in [1.165, 1.54) is 4.57 Å². The van der Waals surface area contributed by atoms with E-state index in [1.807, 2.05) is 11.5 Å². The molecule has 0 aromatic carbocycles. The summed E-state index contributed by atoms with van der Waals surface area (Å²) in [4.78, 5) is 31.7. The lowest BCUT2D eigenvalue weighted by molar-refractivity contribution is 0.113. The molecule has 2 aliphatic rings. The van der Waals surface area contributed by atoms with Gasteiger partial charge in [0.2, 0.25) is 5.88 Å². The van der Waals surface area contributed by atoms with Crippen molar-refractivity contribution in [2.24, 2.45) is 7.05 Å². The molecule has 1 unspecified atom stereocenters. The fourth-order valence-electron chi connectivity index (χ4n) is 5.88. The Kier molecular flexibility index (Phi) is 6.23. The lowest BCUT2D eigenvalue weighted by Gasteiger charge is -2.46. The van der Waals surface area contributed by atoms with Crippen LogP contribution < -0.4 is 15.3 Å². The Bertz CT molecular complexity index is 1450. The molecule has 1 saturated heterocycles. The van der Waals surface area contributed by atoms with E-state index < -0.39 is 0 Å². The zero-order valence-electron chi connectivity index (χ0n) is 22.8. The van der Waals surface area contributed by atoms with Gasteiger partial charge in [0, 0.05) is 56.8 Å². The summed E-state index contributed by atoms with van der Waals surface area (Å²) in [5, 5.41) is 9.32. The van der Waals surface area contributed by atoms with Crippen molar-refractivity contribution in [2.45, 2.75) is 84.7 Å². The number of ether oxygens (including phenoxy) is 1. The number of rotatable bonds is 5. The highest BCUT2D eigenvalue weighted by Crippen LogP contribution is 2.36. The second-order valence-electron chi connectivity index (χ2n) is 11.0. The first-order chi connectivity index (χ1) is 17.5. The van der Waals surface area contributed by atoms with Crippen molar-refractivity contribution in [3.8, 4) is 11.9 Å². The molecule has 0 radical (unpaired) electrons. The van der Waals surface area contributed by atoms with Gasteiger partial charge in [-0.05, 0) is 47.6 Å². The summed E-state index contributed by atoms with van der Waals surface area (Å²) in [6.45, 7) is 14.8. The maximum atomic E-state index is 12.9. The van der Waals surface area contributed by atoms with Crippen molar-refractivity contribution in [3.05, 3.63) is 39.7 Å². The van der Waals surface area contributed by atoms with E-state index in [2.05, 4.69) is 67.6 Å². The number of fused-ring (bicyclic) bond motifs is 2. The maximum Gasteiger partial charge on any atom is 0.350 e. The summed E-state index contributed by atoms with van der Waals surface area (Å²) < 4.78 is 9.57. The van der Waals surface area contributed by atoms with Crippen LogP contribution in [-0.4, -0.2) is 59.8 Å². The highest BCUT2D eigenvalue weighted by atomic mass is 16.5. The zero-order chi connectivity index (χ0) is 26.6. The molecule has 0 spiro atoms. The molecule has 3 atom stereocenters. The number of anilines is 1. The number of hydrogen-bond donors (Lipinski definition) is 0. The Hall–Kier alpha value is -3.45. The smallest absolute Gasteiger partial charge is 0.350 e. The number of hydrogen-bond acceptors (Lipinski definition) is 8. The predicted octanol–water partition coefficient (Wildman–Crippen LogP) is 2.98. The molecular weight excluding hydrogens is 468 g/mol. The van der Waals surface area contributed by atoms with Gasteiger partial charge in [0.1, 0.15) is 22.6 Å². The molecule has 2 aliphatic heterocycles. The fourth-order valence-corrected chi connectivity index (χ4v) is 5.88. The van der Waals surface area contributed by atoms with E-state index in [0.29, 0.717) is 35.9 Å². The summed E-state index contributed by atoms with van der Waals surface area (Å²) >= 11 is 0. The Morgan fingerprint density at radius 1 is 1.19 bits per heavy atom. The molecule has 5 rings (SSSR count). The second kappa shape index (κ2) is 9.14. The number of pyridine rings is 1. The highest BCUT2D eigenvalue weighted by molar-refractivity contribution is 5.84. The zero-order valence-corrected chi connectivity index (χ0v) is 22.8. The van der Waals surface area contributed by atoms with Gasteiger partial charge in [-0.1, -0.05) is 6.07 Å². The third-order valence-corrected chi connectivity index (χ3v) is 7.77. The van der Waals surface area contributed by atoms with Crippen LogP contribution in [0.25, 0.3) is 11.2 Å². The maximum absolute atomic E-state index is 12.9. The Morgan fingerprint density at radius 2 is 1.95 bits per heavy atom. The van der Waals surface area contributed by atoms with Crippen LogP contribution in [0.2, 0.25) is 0 Å². The molecule has 0 aliphatic carbocycles. The topological polar surface area (TPSA) is 105 Å². The average Bonchev–Trinajstić information content (AvgIpc) is 3.37. The van der Waals surface area contributed by atoms with Gasteiger partial charge in [-0.25, -0.2) is 14.8 Å². The minimum atomic E-state index is -0.318. The van der Waals surface area contributed by atoms with Gasteiger partial charge >= 0.3 is 5.69 Å². The predicted molar refractivity (Wildman–Crippen MR) is 142 cm³/mol. The minimum Gasteiger partial charge on any atom is -0.471 e. The van der Waals surface area contributed by atoms with E-state index in [4.69, 9.17) is 14.7 Å². The van der Waals surface area contributed by atoms with E-state index in [9.17, 15) is 10.1 Å². The number of aryl methyl sites for hydroxylation is 2. The molecule has 0 N–H and O–H groups in total. The van der Waals surface area contributed by atoms with Crippen molar-refractivity contribution < 1.29 is 4.74 Å². The quantitative estimate of drug-likeness (QED) is 0.522. The van der Waals surface area contributed by atoms with Crippen molar-refractivity contribution in [1.82, 2.24) is 29.0 Å². The van der Waals surface area contributed by atoms with Gasteiger partial charge in [-0.3, -0.25) is 9.47 Å². The summed E-state index contributed by atoms with van der Waals surface area (Å²) in [6.07, 6.45) is 1.06. The van der Waals surface area contributed by atoms with Gasteiger partial charge < -0.3 is 14.2 Å². The standard InChI is InChI=1S/C27H36N8O2/c1-8-33-21(11-12-28)30-22-23(31-26(36)32(7)25(22)33)35-15-16(2)34(14-17(35)3)18(4)20-10-9-19-13-27(5,6)37-24(19)29-20/h9-10,16-18H,8,11,13-15H2,1-7H3/t16-,17+,18?/m1/s1. The summed E-state index contributed by atoms with van der Waals surface area (Å²) in [5.41, 5.74) is 3.02. The van der Waals surface area contributed by atoms with Crippen LogP contribution in [0, 0.1) is 11.3 Å². The fraction of sp³-hybridized carbons (Fsp3) is 0.593. The van der Waals surface area contributed by atoms with Crippen molar-refractivity contribution in [2.75, 3.05) is 18.0 Å². The SMILES string of the molecule is CCn1c(CC#N)nc2c(N3C[C@@H](C)N(C(C)c4ccc5c(n4)OC(C)(C)C5)C[C@@H]3C)nc(=O)n(C)c21. The molecule has 0 saturated carbocycles. The van der Waals surface area contributed by atoms with Crippen LogP contribution >= 0.6 is 0 Å². The minimum absolute atomic E-state index is 0.0947. The Labute approximate surface area is 217 Å². The molecule has 0 bridgehead atoms. The Balaban J connectivity index is 1.45. The molecule has 196 valence electrons.